The number of hydrogen-bond donors (Lipinski definition) is 0. The van der Waals surface area contributed by atoms with Gasteiger partial charge in [0.2, 0.25) is 0 Å². The fourth-order valence-electron chi connectivity index (χ4n) is 0.601. The molecule has 0 N–H and O–H groups in total. The smallest absolute Gasteiger partial charge is 0.137 e. The van der Waals surface area contributed by atoms with E-state index in [2.05, 4.69) is 15.9 Å². The fourth-order valence-corrected chi connectivity index (χ4v) is 1.09. The Morgan fingerprint density at radius 3 is 2.00 bits per heavy atom. The van der Waals surface area contributed by atoms with E-state index >= 15 is 0 Å². The third-order valence-electron chi connectivity index (χ3n) is 1.08. The van der Waals surface area contributed by atoms with Crippen LogP contribution in [0.15, 0.2) is 22.7 Å². The van der Waals surface area contributed by atoms with Gasteiger partial charge in [0, 0.05) is 0 Å². The molecule has 0 unspecified atom stereocenters. The van der Waals surface area contributed by atoms with Gasteiger partial charge in [-0.05, 0) is 40.5 Å². The van der Waals surface area contributed by atoms with Gasteiger partial charge in [0.25, 0.3) is 0 Å². The molecule has 0 aromatic heterocycles. The molecule has 0 saturated heterocycles. The summed E-state index contributed by atoms with van der Waals surface area (Å²) in [6.07, 6.45) is 0. The Balaban J connectivity index is -0.000000270. The van der Waals surface area contributed by atoms with Crippen LogP contribution >= 0.6 is 15.9 Å². The molecule has 0 fully saturated rings. The van der Waals surface area contributed by atoms with Crippen LogP contribution in [0.25, 0.3) is 0 Å². The minimum atomic E-state index is -0.208. The summed E-state index contributed by atoms with van der Waals surface area (Å²) >= 11 is 3.07. The molecule has 0 aliphatic heterocycles. The molecule has 0 nitrogen and oxygen atoms in total. The Morgan fingerprint density at radius 2 is 1.67 bits per heavy atom. The number of rotatable bonds is 0. The molecule has 0 heterocycles. The number of hydrogen-bond acceptors (Lipinski definition) is 0. The van der Waals surface area contributed by atoms with Crippen LogP contribution in [0.1, 0.15) is 5.56 Å². The topological polar surface area (TPSA) is 0 Å². The van der Waals surface area contributed by atoms with Gasteiger partial charge in [0.15, 0.2) is 0 Å². The van der Waals surface area contributed by atoms with E-state index in [4.69, 9.17) is 0 Å². The minimum absolute atomic E-state index is 0. The number of aryl methyl sites for hydroxylation is 1. The normalized spacial score (nSPS) is 7.25. The summed E-state index contributed by atoms with van der Waals surface area (Å²) in [4.78, 5) is 0. The van der Waals surface area contributed by atoms with E-state index in [0.717, 1.165) is 5.56 Å². The van der Waals surface area contributed by atoms with Gasteiger partial charge in [-0.2, -0.15) is 0 Å². The van der Waals surface area contributed by atoms with Crippen molar-refractivity contribution in [2.24, 2.45) is 0 Å². The maximum atomic E-state index is 12.5. The molecule has 0 aliphatic rings. The average molecular weight is 249 g/mol. The van der Waals surface area contributed by atoms with Crippen LogP contribution in [0.5, 0.6) is 0 Å². The standard InChI is InChI=1S/C7H6BrF.3FH/c1-5-2-3-7(9)6(8)4-5;;;/h2-4H,1H3;3*1H. The van der Waals surface area contributed by atoms with Crippen LogP contribution in [0, 0.1) is 12.7 Å². The quantitative estimate of drug-likeness (QED) is 0.618. The monoisotopic (exact) mass is 248 g/mol. The first kappa shape index (κ1) is 17.5. The van der Waals surface area contributed by atoms with Crippen LogP contribution in [-0.2, 0) is 0 Å². The largest absolute Gasteiger partial charge is 0.269 e. The average Bonchev–Trinajstić information content (AvgIpc) is 1.80. The summed E-state index contributed by atoms with van der Waals surface area (Å²) in [7, 11) is 0. The Kier molecular flexibility index (Phi) is 10.3. The van der Waals surface area contributed by atoms with Crippen molar-refractivity contribution >= 4 is 15.9 Å². The van der Waals surface area contributed by atoms with Gasteiger partial charge in [-0.15, -0.1) is 0 Å². The maximum Gasteiger partial charge on any atom is 0.137 e. The van der Waals surface area contributed by atoms with Gasteiger partial charge in [-0.25, -0.2) is 4.39 Å². The van der Waals surface area contributed by atoms with Crippen molar-refractivity contribution in [2.45, 2.75) is 6.92 Å². The molecular weight excluding hydrogens is 240 g/mol. The van der Waals surface area contributed by atoms with Gasteiger partial charge < -0.3 is 0 Å². The molecular formula is C7H9BrF4. The van der Waals surface area contributed by atoms with E-state index in [-0.39, 0.29) is 19.9 Å². The van der Waals surface area contributed by atoms with Crippen molar-refractivity contribution in [3.8, 4) is 0 Å². The number of halogens is 5. The van der Waals surface area contributed by atoms with Crippen LogP contribution in [0.2, 0.25) is 0 Å². The minimum Gasteiger partial charge on any atom is -0.269 e. The van der Waals surface area contributed by atoms with Crippen LogP contribution in [0.3, 0.4) is 0 Å². The molecule has 0 aliphatic carbocycles. The lowest BCUT2D eigenvalue weighted by Crippen LogP contribution is -1.76. The third-order valence-corrected chi connectivity index (χ3v) is 1.68. The molecule has 0 radical (unpaired) electrons. The summed E-state index contributed by atoms with van der Waals surface area (Å²) in [6, 6.07) is 4.93. The second kappa shape index (κ2) is 7.09. The number of benzene rings is 1. The molecule has 5 heteroatoms. The molecule has 0 atom stereocenters. The molecule has 0 saturated carbocycles. The summed E-state index contributed by atoms with van der Waals surface area (Å²) in [6.45, 7) is 1.92. The van der Waals surface area contributed by atoms with Crippen molar-refractivity contribution in [2.75, 3.05) is 0 Å². The lowest BCUT2D eigenvalue weighted by molar-refractivity contribution is 0.620. The van der Waals surface area contributed by atoms with Gasteiger partial charge >= 0.3 is 0 Å². The van der Waals surface area contributed by atoms with Gasteiger partial charge in [0.05, 0.1) is 4.47 Å². The van der Waals surface area contributed by atoms with Crippen molar-refractivity contribution in [1.29, 1.82) is 0 Å². The predicted molar refractivity (Wildman–Crippen MR) is 46.3 cm³/mol. The summed E-state index contributed by atoms with van der Waals surface area (Å²) in [5, 5.41) is 0. The fraction of sp³-hybridized carbons (Fsp3) is 0.143. The first-order valence-corrected chi connectivity index (χ1v) is 3.41. The van der Waals surface area contributed by atoms with Crippen LogP contribution in [0.4, 0.5) is 18.5 Å². The second-order valence-electron chi connectivity index (χ2n) is 1.92. The maximum absolute atomic E-state index is 12.5. The molecule has 12 heavy (non-hydrogen) atoms. The lowest BCUT2D eigenvalue weighted by atomic mass is 10.2. The Hall–Kier alpha value is -0.580. The Bertz CT molecular complexity index is 227. The molecule has 1 aromatic rings. The van der Waals surface area contributed by atoms with Gasteiger partial charge in [0.1, 0.15) is 5.82 Å². The predicted octanol–water partition coefficient (Wildman–Crippen LogP) is 3.35. The van der Waals surface area contributed by atoms with Crippen LogP contribution < -0.4 is 0 Å². The summed E-state index contributed by atoms with van der Waals surface area (Å²) < 4.78 is 13.0. The van der Waals surface area contributed by atoms with E-state index < -0.39 is 0 Å². The van der Waals surface area contributed by atoms with Crippen LogP contribution in [-0.4, -0.2) is 0 Å². The van der Waals surface area contributed by atoms with E-state index in [1.807, 2.05) is 6.92 Å². The first-order chi connectivity index (χ1) is 4.20. The molecule has 1 aromatic carbocycles. The molecule has 0 amide bonds. The zero-order chi connectivity index (χ0) is 6.85. The summed E-state index contributed by atoms with van der Waals surface area (Å²) in [5.41, 5.74) is 1.06. The van der Waals surface area contributed by atoms with Crippen molar-refractivity contribution in [3.05, 3.63) is 34.1 Å². The highest BCUT2D eigenvalue weighted by Gasteiger charge is 1.94. The van der Waals surface area contributed by atoms with Crippen molar-refractivity contribution in [1.82, 2.24) is 0 Å². The zero-order valence-electron chi connectivity index (χ0n) is 6.21. The highest BCUT2D eigenvalue weighted by atomic mass is 79.9. The highest BCUT2D eigenvalue weighted by Crippen LogP contribution is 2.15. The van der Waals surface area contributed by atoms with E-state index in [1.165, 1.54) is 6.07 Å². The SMILES string of the molecule is Cc1ccc(F)c(Br)c1.F.F.F. The zero-order valence-corrected chi connectivity index (χ0v) is 7.80. The summed E-state index contributed by atoms with van der Waals surface area (Å²) in [5.74, 6) is -0.208. The van der Waals surface area contributed by atoms with Crippen molar-refractivity contribution < 1.29 is 18.5 Å². The molecule has 1 rings (SSSR count). The van der Waals surface area contributed by atoms with Gasteiger partial charge in [-0.3, -0.25) is 14.1 Å². The second-order valence-corrected chi connectivity index (χ2v) is 2.77. The lowest BCUT2D eigenvalue weighted by Gasteiger charge is -1.93. The van der Waals surface area contributed by atoms with Crippen molar-refractivity contribution in [3.63, 3.8) is 0 Å². The van der Waals surface area contributed by atoms with Gasteiger partial charge in [-0.1, -0.05) is 6.07 Å². The molecule has 72 valence electrons. The van der Waals surface area contributed by atoms with E-state index in [1.54, 1.807) is 12.1 Å². The first-order valence-electron chi connectivity index (χ1n) is 2.62. The Labute approximate surface area is 76.0 Å². The van der Waals surface area contributed by atoms with E-state index in [9.17, 15) is 4.39 Å². The van der Waals surface area contributed by atoms with E-state index in [0.29, 0.717) is 4.47 Å². The highest BCUT2D eigenvalue weighted by molar-refractivity contribution is 9.10. The Morgan fingerprint density at radius 1 is 1.17 bits per heavy atom. The molecule has 0 bridgehead atoms. The molecule has 0 spiro atoms. The third kappa shape index (κ3) is 4.33.